The molecule has 0 amide bonds. The molecule has 9 heteroatoms. The van der Waals surface area contributed by atoms with E-state index in [0.29, 0.717) is 24.8 Å². The van der Waals surface area contributed by atoms with Gasteiger partial charge in [0.2, 0.25) is 0 Å². The summed E-state index contributed by atoms with van der Waals surface area (Å²) >= 11 is 8.94. The minimum absolute atomic E-state index is 0.0633. The Hall–Kier alpha value is 0.160. The summed E-state index contributed by atoms with van der Waals surface area (Å²) in [5.74, 6) is -0.723. The summed E-state index contributed by atoms with van der Waals surface area (Å²) in [5.41, 5.74) is 0.493. The van der Waals surface area contributed by atoms with Crippen LogP contribution in [0, 0.1) is 12.8 Å². The number of rotatable bonds is 16. The van der Waals surface area contributed by atoms with Gasteiger partial charge in [-0.2, -0.15) is 25.3 Å². The van der Waals surface area contributed by atoms with Crippen molar-refractivity contribution in [3.8, 4) is 0 Å². The zero-order valence-electron chi connectivity index (χ0n) is 17.1. The Bertz CT molecular complexity index is 455. The largest absolute Gasteiger partial charge is 0.396 e. The molecule has 0 heterocycles. The Morgan fingerprint density at radius 3 is 1.52 bits per heavy atom. The van der Waals surface area contributed by atoms with Gasteiger partial charge in [0.15, 0.2) is 0 Å². The second-order valence-corrected chi connectivity index (χ2v) is 9.19. The average molecular weight is 456 g/mol. The first-order chi connectivity index (χ1) is 13.4. The van der Waals surface area contributed by atoms with E-state index in [4.69, 9.17) is 5.11 Å². The standard InChI is InChI=1S/C20H39O7S2/c1-11(2)19(26)15(24)7-9-18(29)17(28)8-6-14(23)13(22)4-5-16(25)20(27)12(3)10-21/h12-29H,1,3-10H2,2H3. The number of aliphatic hydroxyl groups excluding tert-OH is 7. The van der Waals surface area contributed by atoms with Crippen LogP contribution in [0.25, 0.3) is 0 Å². The average Bonchev–Trinajstić information content (AvgIpc) is 2.70. The van der Waals surface area contributed by atoms with E-state index in [-0.39, 0.29) is 36.4 Å². The summed E-state index contributed by atoms with van der Waals surface area (Å²) in [7, 11) is 0. The van der Waals surface area contributed by atoms with Gasteiger partial charge < -0.3 is 35.7 Å². The molecule has 1 radical (unpaired) electrons. The van der Waals surface area contributed by atoms with Crippen molar-refractivity contribution in [1.29, 1.82) is 0 Å². The van der Waals surface area contributed by atoms with Crippen LogP contribution in [0.5, 0.6) is 0 Å². The molecule has 0 fully saturated rings. The monoisotopic (exact) mass is 455 g/mol. The molecule has 29 heavy (non-hydrogen) atoms. The molecule has 7 nitrogen and oxygen atoms in total. The zero-order chi connectivity index (χ0) is 22.7. The maximum absolute atomic E-state index is 10.1. The van der Waals surface area contributed by atoms with Gasteiger partial charge in [-0.1, -0.05) is 6.58 Å². The van der Waals surface area contributed by atoms with Crippen molar-refractivity contribution in [2.75, 3.05) is 6.61 Å². The molecule has 0 aromatic heterocycles. The minimum atomic E-state index is -1.20. The maximum Gasteiger partial charge on any atom is 0.100 e. The molecule has 0 aliphatic heterocycles. The third-order valence-corrected chi connectivity index (χ3v) is 6.62. The Morgan fingerprint density at radius 2 is 1.10 bits per heavy atom. The van der Waals surface area contributed by atoms with Crippen LogP contribution in [0.3, 0.4) is 0 Å². The van der Waals surface area contributed by atoms with Crippen LogP contribution in [-0.2, 0) is 0 Å². The van der Waals surface area contributed by atoms with E-state index in [0.717, 1.165) is 0 Å². The number of hydrogen-bond donors (Lipinski definition) is 9. The second kappa shape index (κ2) is 15.0. The lowest BCUT2D eigenvalue weighted by Crippen LogP contribution is -2.36. The van der Waals surface area contributed by atoms with Crippen LogP contribution in [0.1, 0.15) is 45.4 Å². The Kier molecular flexibility index (Phi) is 15.1. The van der Waals surface area contributed by atoms with E-state index in [2.05, 4.69) is 38.8 Å². The van der Waals surface area contributed by atoms with Crippen molar-refractivity contribution in [3.63, 3.8) is 0 Å². The molecule has 0 aromatic rings. The minimum Gasteiger partial charge on any atom is -0.396 e. The molecule has 0 spiro atoms. The van der Waals surface area contributed by atoms with E-state index < -0.39 is 42.5 Å². The van der Waals surface area contributed by atoms with Crippen molar-refractivity contribution < 1.29 is 35.7 Å². The summed E-state index contributed by atoms with van der Waals surface area (Å²) in [6.07, 6.45) is -4.56. The van der Waals surface area contributed by atoms with Crippen molar-refractivity contribution in [2.24, 2.45) is 5.92 Å². The van der Waals surface area contributed by atoms with Crippen LogP contribution in [0.15, 0.2) is 12.2 Å². The lowest BCUT2D eigenvalue weighted by Gasteiger charge is -2.26. The molecule has 0 bridgehead atoms. The Labute approximate surface area is 185 Å². The third-order valence-electron chi connectivity index (χ3n) is 5.14. The quantitative estimate of drug-likeness (QED) is 0.119. The maximum atomic E-state index is 10.1. The fourth-order valence-corrected chi connectivity index (χ4v) is 3.47. The number of hydrogen-bond acceptors (Lipinski definition) is 9. The molecule has 9 atom stereocenters. The van der Waals surface area contributed by atoms with Gasteiger partial charge in [0.05, 0.1) is 30.5 Å². The highest BCUT2D eigenvalue weighted by Gasteiger charge is 2.26. The molecule has 7 N–H and O–H groups in total. The van der Waals surface area contributed by atoms with Gasteiger partial charge in [-0.15, -0.1) is 0 Å². The van der Waals surface area contributed by atoms with Gasteiger partial charge in [0.1, 0.15) is 6.10 Å². The summed E-state index contributed by atoms with van der Waals surface area (Å²) in [5, 5.41) is 68.0. The van der Waals surface area contributed by atoms with Crippen LogP contribution in [-0.4, -0.2) is 89.5 Å². The van der Waals surface area contributed by atoms with E-state index in [1.165, 1.54) is 0 Å². The van der Waals surface area contributed by atoms with Crippen molar-refractivity contribution >= 4 is 25.3 Å². The highest BCUT2D eigenvalue weighted by atomic mass is 32.1. The van der Waals surface area contributed by atoms with Gasteiger partial charge >= 0.3 is 0 Å². The normalized spacial score (nSPS) is 21.5. The van der Waals surface area contributed by atoms with E-state index in [1.54, 1.807) is 6.92 Å². The summed E-state index contributed by atoms with van der Waals surface area (Å²) in [4.78, 5) is 0. The van der Waals surface area contributed by atoms with Crippen LogP contribution < -0.4 is 0 Å². The van der Waals surface area contributed by atoms with Crippen molar-refractivity contribution in [1.82, 2.24) is 0 Å². The molecule has 173 valence electrons. The van der Waals surface area contributed by atoms with Gasteiger partial charge in [-0.25, -0.2) is 0 Å². The molecule has 9 unspecified atom stereocenters. The topological polar surface area (TPSA) is 142 Å². The highest BCUT2D eigenvalue weighted by molar-refractivity contribution is 7.85. The molecule has 0 aromatic carbocycles. The first kappa shape index (κ1) is 29.2. The van der Waals surface area contributed by atoms with Gasteiger partial charge in [-0.3, -0.25) is 0 Å². The Morgan fingerprint density at radius 1 is 0.724 bits per heavy atom. The van der Waals surface area contributed by atoms with Gasteiger partial charge in [0, 0.05) is 23.0 Å². The second-order valence-electron chi connectivity index (χ2n) is 7.86. The fourth-order valence-electron chi connectivity index (χ4n) is 2.87. The third kappa shape index (κ3) is 11.4. The number of thiol groups is 2. The van der Waals surface area contributed by atoms with Gasteiger partial charge in [0.25, 0.3) is 0 Å². The van der Waals surface area contributed by atoms with Gasteiger partial charge in [-0.05, 0) is 57.9 Å². The predicted octanol–water partition coefficient (Wildman–Crippen LogP) is 0.108. The van der Waals surface area contributed by atoms with Crippen LogP contribution >= 0.6 is 25.3 Å². The summed E-state index contributed by atoms with van der Waals surface area (Å²) in [6, 6.07) is 0. The fraction of sp³-hybridized carbons (Fsp3) is 0.850. The Balaban J connectivity index is 4.23. The zero-order valence-corrected chi connectivity index (χ0v) is 18.9. The molecular weight excluding hydrogens is 416 g/mol. The lowest BCUT2D eigenvalue weighted by atomic mass is 9.94. The lowest BCUT2D eigenvalue weighted by molar-refractivity contribution is -0.0403. The van der Waals surface area contributed by atoms with Crippen molar-refractivity contribution in [3.05, 3.63) is 19.1 Å². The predicted molar refractivity (Wildman–Crippen MR) is 120 cm³/mol. The molecule has 0 saturated carbocycles. The van der Waals surface area contributed by atoms with E-state index >= 15 is 0 Å². The SMILES string of the molecule is [CH2]C(CO)C(O)C(O)CCC(O)C(O)CCC(S)C(S)CCC(O)C(O)C(=C)C. The summed E-state index contributed by atoms with van der Waals surface area (Å²) < 4.78 is 0. The molecule has 0 saturated heterocycles. The first-order valence-electron chi connectivity index (χ1n) is 9.96. The molecule has 0 rings (SSSR count). The molecule has 0 aliphatic rings. The van der Waals surface area contributed by atoms with Crippen molar-refractivity contribution in [2.45, 2.75) is 92.6 Å². The molecular formula is C20H39O7S2. The first-order valence-corrected chi connectivity index (χ1v) is 11.0. The number of aliphatic hydroxyl groups is 7. The van der Waals surface area contributed by atoms with E-state index in [9.17, 15) is 30.6 Å². The smallest absolute Gasteiger partial charge is 0.100 e. The van der Waals surface area contributed by atoms with Crippen LogP contribution in [0.2, 0.25) is 0 Å². The molecule has 0 aliphatic carbocycles. The van der Waals surface area contributed by atoms with Crippen LogP contribution in [0.4, 0.5) is 0 Å². The highest BCUT2D eigenvalue weighted by Crippen LogP contribution is 2.23. The summed E-state index contributed by atoms with van der Waals surface area (Å²) in [6.45, 7) is 8.42. The van der Waals surface area contributed by atoms with E-state index in [1.807, 2.05) is 0 Å².